The lowest BCUT2D eigenvalue weighted by atomic mass is 9.97. The van der Waals surface area contributed by atoms with E-state index in [1.807, 2.05) is 42.5 Å². The second-order valence-corrected chi connectivity index (χ2v) is 8.15. The number of benzene rings is 2. The zero-order valence-electron chi connectivity index (χ0n) is 18.0. The van der Waals surface area contributed by atoms with Crippen LogP contribution in [0.2, 0.25) is 0 Å². The minimum Gasteiger partial charge on any atom is -0.436 e. The number of anilines is 2. The van der Waals surface area contributed by atoms with Crippen molar-refractivity contribution in [1.29, 1.82) is 0 Å². The van der Waals surface area contributed by atoms with Gasteiger partial charge >= 0.3 is 0 Å². The van der Waals surface area contributed by atoms with Gasteiger partial charge in [0.25, 0.3) is 5.88 Å². The Hall–Kier alpha value is -3.41. The third-order valence-corrected chi connectivity index (χ3v) is 5.54. The maximum atomic E-state index is 12.9. The molecule has 0 saturated carbocycles. The highest BCUT2D eigenvalue weighted by atomic mass is 16.5. The van der Waals surface area contributed by atoms with Crippen molar-refractivity contribution in [1.82, 2.24) is 9.97 Å². The Kier molecular flexibility index (Phi) is 6.46. The van der Waals surface area contributed by atoms with E-state index in [-0.39, 0.29) is 11.8 Å². The Labute approximate surface area is 183 Å². The predicted octanol–water partition coefficient (Wildman–Crippen LogP) is 5.25. The van der Waals surface area contributed by atoms with Crippen LogP contribution in [0.4, 0.5) is 11.5 Å². The molecule has 6 nitrogen and oxygen atoms in total. The van der Waals surface area contributed by atoms with Gasteiger partial charge in [-0.15, -0.1) is 0 Å². The summed E-state index contributed by atoms with van der Waals surface area (Å²) in [6.45, 7) is 5.72. The number of nitrogens with zero attached hydrogens (tertiary/aromatic N) is 3. The molecule has 1 saturated heterocycles. The topological polar surface area (TPSA) is 67.4 Å². The number of rotatable bonds is 6. The van der Waals surface area contributed by atoms with Gasteiger partial charge in [0, 0.05) is 31.2 Å². The summed E-state index contributed by atoms with van der Waals surface area (Å²) < 4.78 is 5.97. The second-order valence-electron chi connectivity index (χ2n) is 8.15. The van der Waals surface area contributed by atoms with Crippen LogP contribution in [0, 0.1) is 5.92 Å². The highest BCUT2D eigenvalue weighted by Gasteiger charge is 2.28. The first-order valence-electron chi connectivity index (χ1n) is 10.8. The second kappa shape index (κ2) is 9.60. The molecule has 0 spiro atoms. The summed E-state index contributed by atoms with van der Waals surface area (Å²) >= 11 is 0. The Balaban J connectivity index is 1.44. The number of ether oxygens (including phenoxy) is 1. The third-order valence-electron chi connectivity index (χ3n) is 5.54. The van der Waals surface area contributed by atoms with Gasteiger partial charge < -0.3 is 15.0 Å². The van der Waals surface area contributed by atoms with Gasteiger partial charge in [0.2, 0.25) is 5.91 Å². The van der Waals surface area contributed by atoms with E-state index in [0.717, 1.165) is 25.1 Å². The summed E-state index contributed by atoms with van der Waals surface area (Å²) in [5.41, 5.74) is 2.09. The highest BCUT2D eigenvalue weighted by Crippen LogP contribution is 2.31. The van der Waals surface area contributed by atoms with Gasteiger partial charge in [-0.05, 0) is 48.6 Å². The summed E-state index contributed by atoms with van der Waals surface area (Å²) in [5.74, 6) is 2.22. The van der Waals surface area contributed by atoms with Gasteiger partial charge in [-0.25, -0.2) is 9.97 Å². The van der Waals surface area contributed by atoms with Crippen LogP contribution in [-0.4, -0.2) is 29.0 Å². The summed E-state index contributed by atoms with van der Waals surface area (Å²) in [4.78, 5) is 23.9. The maximum Gasteiger partial charge on any atom is 0.263 e. The van der Waals surface area contributed by atoms with E-state index in [4.69, 9.17) is 4.74 Å². The molecular weight excluding hydrogens is 388 g/mol. The average Bonchev–Trinajstić information content (AvgIpc) is 2.80. The van der Waals surface area contributed by atoms with E-state index in [2.05, 4.69) is 46.2 Å². The fourth-order valence-electron chi connectivity index (χ4n) is 3.79. The van der Waals surface area contributed by atoms with Crippen LogP contribution in [0.1, 0.15) is 38.2 Å². The van der Waals surface area contributed by atoms with Crippen LogP contribution in [0.15, 0.2) is 67.0 Å². The number of hydrogen-bond acceptors (Lipinski definition) is 5. The molecular formula is C25H28N4O2. The molecule has 0 aliphatic carbocycles. The average molecular weight is 417 g/mol. The van der Waals surface area contributed by atoms with Gasteiger partial charge in [0.15, 0.2) is 5.82 Å². The molecule has 160 valence electrons. The Bertz CT molecular complexity index is 1010. The van der Waals surface area contributed by atoms with Crippen LogP contribution in [0.3, 0.4) is 0 Å². The maximum absolute atomic E-state index is 12.9. The number of aromatic nitrogens is 2. The quantitative estimate of drug-likeness (QED) is 0.595. The van der Waals surface area contributed by atoms with E-state index >= 15 is 0 Å². The highest BCUT2D eigenvalue weighted by molar-refractivity contribution is 5.93. The Morgan fingerprint density at radius 3 is 2.55 bits per heavy atom. The van der Waals surface area contributed by atoms with Gasteiger partial charge in [0.05, 0.1) is 5.92 Å². The van der Waals surface area contributed by atoms with Crippen molar-refractivity contribution in [2.45, 2.75) is 32.6 Å². The molecule has 4 rings (SSSR count). The SMILES string of the molecule is CC(C)c1ccc(NC(=O)[C@H]2CCCN(c3nccnc3Oc3ccccc3)C2)cc1. The standard InChI is InChI=1S/C25H28N4O2/c1-18(2)19-10-12-21(13-11-19)28-24(30)20-7-6-16-29(17-20)23-25(27-15-14-26-23)31-22-8-4-3-5-9-22/h3-5,8-15,18,20H,6-7,16-17H2,1-2H3,(H,28,30)/t20-/m0/s1. The molecule has 31 heavy (non-hydrogen) atoms. The van der Waals surface area contributed by atoms with Crippen LogP contribution in [-0.2, 0) is 4.79 Å². The fourth-order valence-corrected chi connectivity index (χ4v) is 3.79. The van der Waals surface area contributed by atoms with Crippen LogP contribution < -0.4 is 15.0 Å². The van der Waals surface area contributed by atoms with E-state index in [9.17, 15) is 4.79 Å². The summed E-state index contributed by atoms with van der Waals surface area (Å²) in [6, 6.07) is 17.6. The smallest absolute Gasteiger partial charge is 0.263 e. The van der Waals surface area contributed by atoms with Crippen molar-refractivity contribution < 1.29 is 9.53 Å². The monoisotopic (exact) mass is 416 g/mol. The predicted molar refractivity (Wildman–Crippen MR) is 123 cm³/mol. The van der Waals surface area contributed by atoms with Crippen molar-refractivity contribution in [3.63, 3.8) is 0 Å². The van der Waals surface area contributed by atoms with Crippen molar-refractivity contribution >= 4 is 17.4 Å². The molecule has 2 heterocycles. The van der Waals surface area contributed by atoms with Gasteiger partial charge in [-0.3, -0.25) is 4.79 Å². The van der Waals surface area contributed by atoms with Gasteiger partial charge in [-0.2, -0.15) is 0 Å². The number of nitrogens with one attached hydrogen (secondary N) is 1. The Morgan fingerprint density at radius 1 is 1.06 bits per heavy atom. The normalized spacial score (nSPS) is 16.2. The Morgan fingerprint density at radius 2 is 1.81 bits per heavy atom. The number of carbonyl (C=O) groups is 1. The minimum atomic E-state index is -0.120. The van der Waals surface area contributed by atoms with Crippen molar-refractivity contribution in [3.05, 3.63) is 72.6 Å². The van der Waals surface area contributed by atoms with Crippen molar-refractivity contribution in [2.24, 2.45) is 5.92 Å². The molecule has 0 bridgehead atoms. The largest absolute Gasteiger partial charge is 0.436 e. The zero-order valence-corrected chi connectivity index (χ0v) is 18.0. The summed E-state index contributed by atoms with van der Waals surface area (Å²) in [7, 11) is 0. The molecule has 1 fully saturated rings. The summed E-state index contributed by atoms with van der Waals surface area (Å²) in [5, 5.41) is 3.07. The van der Waals surface area contributed by atoms with Crippen molar-refractivity contribution in [3.8, 4) is 11.6 Å². The number of amides is 1. The molecule has 1 aliphatic rings. The molecule has 0 unspecified atom stereocenters. The molecule has 1 aliphatic heterocycles. The molecule has 1 atom stereocenters. The van der Waals surface area contributed by atoms with Crippen LogP contribution in [0.25, 0.3) is 0 Å². The fraction of sp³-hybridized carbons (Fsp3) is 0.320. The number of carbonyl (C=O) groups excluding carboxylic acids is 1. The van der Waals surface area contributed by atoms with E-state index < -0.39 is 0 Å². The van der Waals surface area contributed by atoms with Crippen molar-refractivity contribution in [2.75, 3.05) is 23.3 Å². The van der Waals surface area contributed by atoms with E-state index in [1.165, 1.54) is 5.56 Å². The molecule has 3 aromatic rings. The lowest BCUT2D eigenvalue weighted by Gasteiger charge is -2.33. The first kappa shape index (κ1) is 20.8. The first-order valence-corrected chi connectivity index (χ1v) is 10.8. The molecule has 6 heteroatoms. The van der Waals surface area contributed by atoms with Crippen LogP contribution >= 0.6 is 0 Å². The van der Waals surface area contributed by atoms with Gasteiger partial charge in [0.1, 0.15) is 5.75 Å². The summed E-state index contributed by atoms with van der Waals surface area (Å²) in [6.07, 6.45) is 5.04. The minimum absolute atomic E-state index is 0.0383. The third kappa shape index (κ3) is 5.20. The lowest BCUT2D eigenvalue weighted by Crippen LogP contribution is -2.41. The molecule has 0 radical (unpaired) electrons. The molecule has 2 aromatic carbocycles. The lowest BCUT2D eigenvalue weighted by molar-refractivity contribution is -0.120. The van der Waals surface area contributed by atoms with Gasteiger partial charge in [-0.1, -0.05) is 44.2 Å². The van der Waals surface area contributed by atoms with Crippen LogP contribution in [0.5, 0.6) is 11.6 Å². The molecule has 1 N–H and O–H groups in total. The number of piperidine rings is 1. The number of para-hydroxylation sites is 1. The first-order chi connectivity index (χ1) is 15.1. The molecule has 1 aromatic heterocycles. The van der Waals surface area contributed by atoms with E-state index in [0.29, 0.717) is 29.9 Å². The number of hydrogen-bond donors (Lipinski definition) is 1. The molecule has 1 amide bonds. The zero-order chi connectivity index (χ0) is 21.6. The van der Waals surface area contributed by atoms with E-state index in [1.54, 1.807) is 12.4 Å².